The molecular formula is C21H39BN2O7. The Morgan fingerprint density at radius 1 is 1.00 bits per heavy atom. The van der Waals surface area contributed by atoms with E-state index in [-0.39, 0.29) is 25.1 Å². The van der Waals surface area contributed by atoms with Gasteiger partial charge in [-0.1, -0.05) is 0 Å². The third-order valence-corrected chi connectivity index (χ3v) is 3.93. The van der Waals surface area contributed by atoms with Gasteiger partial charge in [0, 0.05) is 13.2 Å². The van der Waals surface area contributed by atoms with Crippen LogP contribution in [0.25, 0.3) is 0 Å². The summed E-state index contributed by atoms with van der Waals surface area (Å²) in [5.41, 5.74) is -1.56. The lowest BCUT2D eigenvalue weighted by atomic mass is 10.0. The van der Waals surface area contributed by atoms with Crippen molar-refractivity contribution in [2.24, 2.45) is 0 Å². The average Bonchev–Trinajstić information content (AvgIpc) is 2.54. The molecule has 0 aromatic carbocycles. The van der Waals surface area contributed by atoms with Crippen molar-refractivity contribution in [2.45, 2.75) is 91.0 Å². The number of aliphatic carboxylic acids is 1. The van der Waals surface area contributed by atoms with E-state index in [2.05, 4.69) is 5.32 Å². The number of ether oxygens (including phenoxy) is 3. The van der Waals surface area contributed by atoms with Gasteiger partial charge in [-0.05, 0) is 68.1 Å². The molecule has 0 aliphatic heterocycles. The molecular weight excluding hydrogens is 403 g/mol. The van der Waals surface area contributed by atoms with Crippen molar-refractivity contribution in [3.8, 4) is 0 Å². The number of carbonyl (C=O) groups is 3. The minimum Gasteiger partial charge on any atom is -0.480 e. The summed E-state index contributed by atoms with van der Waals surface area (Å²) in [4.78, 5) is 36.6. The SMILES string of the molecule is [B]CC(=O)N(CC(=O)O)C[C@H](COC(C)(C)CCOC(C)(C)C)NC(=O)OC(C)(C)C. The van der Waals surface area contributed by atoms with Crippen LogP contribution in [0.15, 0.2) is 0 Å². The van der Waals surface area contributed by atoms with Gasteiger partial charge in [-0.3, -0.25) is 9.59 Å². The first kappa shape index (κ1) is 29.2. The Kier molecular flexibility index (Phi) is 11.6. The lowest BCUT2D eigenvalue weighted by Gasteiger charge is -2.32. The van der Waals surface area contributed by atoms with Crippen LogP contribution in [0.2, 0.25) is 6.32 Å². The van der Waals surface area contributed by atoms with Crippen LogP contribution in [-0.2, 0) is 23.8 Å². The number of amides is 2. The van der Waals surface area contributed by atoms with Gasteiger partial charge in [0.2, 0.25) is 5.91 Å². The predicted molar refractivity (Wildman–Crippen MR) is 118 cm³/mol. The summed E-state index contributed by atoms with van der Waals surface area (Å²) in [5.74, 6) is -1.73. The monoisotopic (exact) mass is 442 g/mol. The van der Waals surface area contributed by atoms with Gasteiger partial charge >= 0.3 is 12.1 Å². The van der Waals surface area contributed by atoms with Gasteiger partial charge in [0.05, 0.1) is 31.7 Å². The standard InChI is InChI=1S/C21H39BN2O7/c1-19(2,3)29-10-9-21(7,8)30-14-15(23-18(28)31-20(4,5)6)12-24(13-17(26)27)16(25)11-22/h15H,9-14H2,1-8H3,(H,23,28)(H,26,27)/t15-/m1/s1. The highest BCUT2D eigenvalue weighted by Crippen LogP contribution is 2.18. The van der Waals surface area contributed by atoms with Crippen LogP contribution < -0.4 is 5.32 Å². The maximum Gasteiger partial charge on any atom is 0.408 e. The van der Waals surface area contributed by atoms with Crippen molar-refractivity contribution in [1.29, 1.82) is 0 Å². The Bertz CT molecular complexity index is 598. The molecule has 31 heavy (non-hydrogen) atoms. The van der Waals surface area contributed by atoms with Gasteiger partial charge < -0.3 is 29.5 Å². The third kappa shape index (κ3) is 15.6. The van der Waals surface area contributed by atoms with Crippen LogP contribution in [0.1, 0.15) is 61.8 Å². The van der Waals surface area contributed by atoms with E-state index in [4.69, 9.17) is 27.2 Å². The van der Waals surface area contributed by atoms with E-state index in [9.17, 15) is 14.4 Å². The molecule has 9 nitrogen and oxygen atoms in total. The smallest absolute Gasteiger partial charge is 0.408 e. The number of rotatable bonds is 12. The molecule has 2 amide bonds. The van der Waals surface area contributed by atoms with E-state index >= 15 is 0 Å². The van der Waals surface area contributed by atoms with Crippen molar-refractivity contribution in [1.82, 2.24) is 10.2 Å². The molecule has 0 aromatic heterocycles. The summed E-state index contributed by atoms with van der Waals surface area (Å²) in [7, 11) is 5.40. The Hall–Kier alpha value is -1.81. The first-order chi connectivity index (χ1) is 13.9. The Balaban J connectivity index is 5.21. The maximum absolute atomic E-state index is 12.3. The number of carbonyl (C=O) groups excluding carboxylic acids is 2. The van der Waals surface area contributed by atoms with E-state index in [1.165, 1.54) is 0 Å². The number of carboxylic acid groups (broad SMARTS) is 1. The number of hydrogen-bond acceptors (Lipinski definition) is 6. The van der Waals surface area contributed by atoms with Crippen LogP contribution in [0.5, 0.6) is 0 Å². The fraction of sp³-hybridized carbons (Fsp3) is 0.857. The second-order valence-electron chi connectivity index (χ2n) is 10.00. The summed E-state index contributed by atoms with van der Waals surface area (Å²) >= 11 is 0. The molecule has 0 aromatic rings. The second-order valence-corrected chi connectivity index (χ2v) is 10.00. The number of nitrogens with one attached hydrogen (secondary N) is 1. The van der Waals surface area contributed by atoms with Gasteiger partial charge in [0.15, 0.2) is 0 Å². The van der Waals surface area contributed by atoms with E-state index in [0.29, 0.717) is 13.0 Å². The Morgan fingerprint density at radius 2 is 1.58 bits per heavy atom. The number of alkyl carbamates (subject to hydrolysis) is 1. The molecule has 0 saturated carbocycles. The molecule has 0 rings (SSSR count). The number of hydrogen-bond donors (Lipinski definition) is 2. The minimum atomic E-state index is -1.18. The molecule has 2 radical (unpaired) electrons. The summed E-state index contributed by atoms with van der Waals surface area (Å²) in [6.45, 7) is 14.8. The lowest BCUT2D eigenvalue weighted by molar-refractivity contribution is -0.144. The van der Waals surface area contributed by atoms with Crippen molar-refractivity contribution in [3.63, 3.8) is 0 Å². The Labute approximate surface area is 187 Å². The van der Waals surface area contributed by atoms with E-state index < -0.39 is 41.8 Å². The first-order valence-corrected chi connectivity index (χ1v) is 10.4. The molecule has 0 saturated heterocycles. The van der Waals surface area contributed by atoms with Gasteiger partial charge in [0.25, 0.3) is 0 Å². The zero-order chi connectivity index (χ0) is 24.5. The fourth-order valence-electron chi connectivity index (χ4n) is 2.43. The molecule has 0 spiro atoms. The van der Waals surface area contributed by atoms with Crippen LogP contribution in [0, 0.1) is 0 Å². The van der Waals surface area contributed by atoms with Crippen LogP contribution in [-0.4, -0.2) is 85.0 Å². The fourth-order valence-corrected chi connectivity index (χ4v) is 2.43. The number of carboxylic acids is 1. The molecule has 1 atom stereocenters. The summed E-state index contributed by atoms with van der Waals surface area (Å²) in [5, 5.41) is 11.8. The number of nitrogens with zero attached hydrogens (tertiary/aromatic N) is 1. The third-order valence-electron chi connectivity index (χ3n) is 3.93. The zero-order valence-electron chi connectivity index (χ0n) is 20.2. The van der Waals surface area contributed by atoms with Crippen molar-refractivity contribution < 1.29 is 33.7 Å². The molecule has 0 heterocycles. The van der Waals surface area contributed by atoms with Crippen LogP contribution in [0.3, 0.4) is 0 Å². The van der Waals surface area contributed by atoms with Crippen LogP contribution in [0.4, 0.5) is 4.79 Å². The van der Waals surface area contributed by atoms with Crippen molar-refractivity contribution in [2.75, 3.05) is 26.3 Å². The van der Waals surface area contributed by atoms with Gasteiger partial charge in [-0.25, -0.2) is 4.79 Å². The average molecular weight is 442 g/mol. The predicted octanol–water partition coefficient (Wildman–Crippen LogP) is 2.38. The molecule has 178 valence electrons. The molecule has 0 aliphatic rings. The van der Waals surface area contributed by atoms with Gasteiger partial charge in [-0.15, -0.1) is 0 Å². The summed E-state index contributed by atoms with van der Waals surface area (Å²) in [6.07, 6.45) is -0.433. The largest absolute Gasteiger partial charge is 0.480 e. The van der Waals surface area contributed by atoms with Crippen molar-refractivity contribution in [3.05, 3.63) is 0 Å². The minimum absolute atomic E-state index is 0.0374. The van der Waals surface area contributed by atoms with E-state index in [1.807, 2.05) is 34.6 Å². The topological polar surface area (TPSA) is 114 Å². The summed E-state index contributed by atoms with van der Waals surface area (Å²) < 4.78 is 17.0. The van der Waals surface area contributed by atoms with Crippen molar-refractivity contribution >= 4 is 25.8 Å². The highest BCUT2D eigenvalue weighted by atomic mass is 16.6. The molecule has 10 heteroatoms. The lowest BCUT2D eigenvalue weighted by Crippen LogP contribution is -2.51. The maximum atomic E-state index is 12.3. The Morgan fingerprint density at radius 3 is 2.03 bits per heavy atom. The van der Waals surface area contributed by atoms with Gasteiger partial charge in [-0.2, -0.15) is 0 Å². The highest BCUT2D eigenvalue weighted by Gasteiger charge is 2.27. The van der Waals surface area contributed by atoms with E-state index in [0.717, 1.165) is 4.90 Å². The quantitative estimate of drug-likeness (QED) is 0.446. The van der Waals surface area contributed by atoms with Gasteiger partial charge in [0.1, 0.15) is 12.1 Å². The second kappa shape index (κ2) is 12.3. The zero-order valence-corrected chi connectivity index (χ0v) is 20.2. The molecule has 0 aliphatic carbocycles. The van der Waals surface area contributed by atoms with E-state index in [1.54, 1.807) is 20.8 Å². The summed E-state index contributed by atoms with van der Waals surface area (Å²) in [6, 6.07) is -0.701. The first-order valence-electron chi connectivity index (χ1n) is 10.4. The molecule has 0 fully saturated rings. The normalized spacial score (nSPS) is 13.4. The molecule has 2 N–H and O–H groups in total. The highest BCUT2D eigenvalue weighted by molar-refractivity contribution is 6.19. The molecule has 0 bridgehead atoms. The molecule has 0 unspecified atom stereocenters. The van der Waals surface area contributed by atoms with Crippen LogP contribution >= 0.6 is 0 Å².